The highest BCUT2D eigenvalue weighted by Gasteiger charge is 2.12. The molecule has 0 bridgehead atoms. The van der Waals surface area contributed by atoms with Crippen LogP contribution >= 0.6 is 0 Å². The van der Waals surface area contributed by atoms with Gasteiger partial charge >= 0.3 is 5.97 Å². The van der Waals surface area contributed by atoms with Gasteiger partial charge in [0, 0.05) is 0 Å². The number of hydrogen-bond acceptors (Lipinski definition) is 4. The van der Waals surface area contributed by atoms with E-state index in [9.17, 15) is 9.90 Å². The fourth-order valence-electron chi connectivity index (χ4n) is 1.74. The molecule has 4 nitrogen and oxygen atoms in total. The van der Waals surface area contributed by atoms with Crippen LogP contribution in [-0.2, 0) is 0 Å². The molecule has 2 aromatic carbocycles. The zero-order chi connectivity index (χ0) is 16.9. The molecule has 2 rings (SSSR count). The topological polar surface area (TPSA) is 70.3 Å². The van der Waals surface area contributed by atoms with Gasteiger partial charge in [-0.15, -0.1) is 0 Å². The van der Waals surface area contributed by atoms with E-state index in [2.05, 4.69) is 11.8 Å². The first-order valence-electron chi connectivity index (χ1n) is 6.96. The van der Waals surface area contributed by atoms with Crippen molar-refractivity contribution in [3.63, 3.8) is 0 Å². The standard InChI is InChI=1S/C19H15NO3/c1-19(2,22)11-10-16-12-14(13-20)8-9-17(16)23-18(21)15-6-4-3-5-7-15/h3-9,12,22H,1-2H3. The van der Waals surface area contributed by atoms with E-state index in [0.29, 0.717) is 16.7 Å². The lowest BCUT2D eigenvalue weighted by molar-refractivity contribution is 0.0734. The molecule has 0 fully saturated rings. The predicted molar refractivity (Wildman–Crippen MR) is 85.7 cm³/mol. The lowest BCUT2D eigenvalue weighted by atomic mass is 10.1. The average Bonchev–Trinajstić information content (AvgIpc) is 2.54. The SMILES string of the molecule is CC(C)(O)C#Cc1cc(C#N)ccc1OC(=O)c1ccccc1. The number of hydrogen-bond donors (Lipinski definition) is 1. The minimum Gasteiger partial charge on any atom is -0.422 e. The highest BCUT2D eigenvalue weighted by Crippen LogP contribution is 2.21. The molecule has 0 aliphatic rings. The first-order chi connectivity index (χ1) is 10.9. The maximum Gasteiger partial charge on any atom is 0.343 e. The normalized spacial score (nSPS) is 10.2. The zero-order valence-corrected chi connectivity index (χ0v) is 12.8. The van der Waals surface area contributed by atoms with E-state index in [4.69, 9.17) is 10.00 Å². The third-order valence-corrected chi connectivity index (χ3v) is 2.82. The largest absolute Gasteiger partial charge is 0.422 e. The molecule has 2 aromatic rings. The molecule has 114 valence electrons. The van der Waals surface area contributed by atoms with Crippen LogP contribution in [-0.4, -0.2) is 16.7 Å². The van der Waals surface area contributed by atoms with E-state index in [0.717, 1.165) is 0 Å². The molecule has 0 spiro atoms. The molecule has 0 aliphatic heterocycles. The summed E-state index contributed by atoms with van der Waals surface area (Å²) < 4.78 is 5.36. The summed E-state index contributed by atoms with van der Waals surface area (Å²) in [6.07, 6.45) is 0. The van der Waals surface area contributed by atoms with Crippen LogP contribution in [0.25, 0.3) is 0 Å². The highest BCUT2D eigenvalue weighted by atomic mass is 16.5. The van der Waals surface area contributed by atoms with Crippen molar-refractivity contribution in [1.29, 1.82) is 5.26 Å². The van der Waals surface area contributed by atoms with Gasteiger partial charge < -0.3 is 9.84 Å². The Morgan fingerprint density at radius 3 is 2.48 bits per heavy atom. The molecule has 0 unspecified atom stereocenters. The summed E-state index contributed by atoms with van der Waals surface area (Å²) in [5.41, 5.74) is -0.0122. The number of rotatable bonds is 2. The van der Waals surface area contributed by atoms with Crippen molar-refractivity contribution in [2.45, 2.75) is 19.4 Å². The first kappa shape index (κ1) is 16.3. The smallest absolute Gasteiger partial charge is 0.343 e. The van der Waals surface area contributed by atoms with Crippen molar-refractivity contribution >= 4 is 5.97 Å². The van der Waals surface area contributed by atoms with Gasteiger partial charge in [0.15, 0.2) is 0 Å². The molecule has 0 saturated carbocycles. The predicted octanol–water partition coefficient (Wildman–Crippen LogP) is 2.90. The number of esters is 1. The molecular formula is C19H15NO3. The summed E-state index contributed by atoms with van der Waals surface area (Å²) in [7, 11) is 0. The van der Waals surface area contributed by atoms with Gasteiger partial charge in [0.25, 0.3) is 0 Å². The minimum absolute atomic E-state index is 0.245. The first-order valence-corrected chi connectivity index (χ1v) is 6.96. The lowest BCUT2D eigenvalue weighted by Crippen LogP contribution is -2.14. The van der Waals surface area contributed by atoms with Gasteiger partial charge in [0.1, 0.15) is 11.4 Å². The third-order valence-electron chi connectivity index (χ3n) is 2.82. The molecular weight excluding hydrogens is 290 g/mol. The minimum atomic E-state index is -1.19. The Morgan fingerprint density at radius 1 is 1.17 bits per heavy atom. The second-order valence-electron chi connectivity index (χ2n) is 5.39. The van der Waals surface area contributed by atoms with Crippen LogP contribution in [0.3, 0.4) is 0 Å². The fraction of sp³-hybridized carbons (Fsp3) is 0.158. The molecule has 0 aliphatic carbocycles. The van der Waals surface area contributed by atoms with Gasteiger partial charge in [-0.25, -0.2) is 4.79 Å². The third kappa shape index (κ3) is 4.71. The molecule has 23 heavy (non-hydrogen) atoms. The number of nitrogens with zero attached hydrogens (tertiary/aromatic N) is 1. The van der Waals surface area contributed by atoms with Gasteiger partial charge in [-0.05, 0) is 44.2 Å². The van der Waals surface area contributed by atoms with Gasteiger partial charge in [0.05, 0.1) is 22.8 Å². The molecule has 0 atom stereocenters. The van der Waals surface area contributed by atoms with Gasteiger partial charge in [-0.3, -0.25) is 0 Å². The molecule has 4 heteroatoms. The van der Waals surface area contributed by atoms with E-state index in [1.54, 1.807) is 50.2 Å². The number of ether oxygens (including phenoxy) is 1. The maximum absolute atomic E-state index is 12.1. The summed E-state index contributed by atoms with van der Waals surface area (Å²) in [4.78, 5) is 12.1. The lowest BCUT2D eigenvalue weighted by Gasteiger charge is -2.09. The van der Waals surface area contributed by atoms with Crippen LogP contribution in [0, 0.1) is 23.2 Å². The molecule has 0 radical (unpaired) electrons. The Labute approximate surface area is 135 Å². The fourth-order valence-corrected chi connectivity index (χ4v) is 1.74. The Balaban J connectivity index is 2.36. The van der Waals surface area contributed by atoms with Gasteiger partial charge in [-0.2, -0.15) is 5.26 Å². The second kappa shape index (κ2) is 6.79. The number of nitriles is 1. The summed E-state index contributed by atoms with van der Waals surface area (Å²) in [5, 5.41) is 18.7. The molecule has 0 aromatic heterocycles. The zero-order valence-electron chi connectivity index (χ0n) is 12.8. The molecule has 0 amide bonds. The molecule has 0 heterocycles. The number of carbonyl (C=O) groups is 1. The van der Waals surface area contributed by atoms with E-state index in [-0.39, 0.29) is 5.75 Å². The monoisotopic (exact) mass is 305 g/mol. The van der Waals surface area contributed by atoms with Crippen molar-refractivity contribution in [3.8, 4) is 23.7 Å². The summed E-state index contributed by atoms with van der Waals surface area (Å²) >= 11 is 0. The van der Waals surface area contributed by atoms with Crippen LogP contribution in [0.4, 0.5) is 0 Å². The van der Waals surface area contributed by atoms with Crippen LogP contribution in [0.5, 0.6) is 5.75 Å². The quantitative estimate of drug-likeness (QED) is 0.526. The summed E-state index contributed by atoms with van der Waals surface area (Å²) in [5.74, 6) is 5.14. The van der Waals surface area contributed by atoms with Gasteiger partial charge in [0.2, 0.25) is 0 Å². The van der Waals surface area contributed by atoms with Crippen molar-refractivity contribution in [3.05, 3.63) is 65.2 Å². The van der Waals surface area contributed by atoms with E-state index >= 15 is 0 Å². The van der Waals surface area contributed by atoms with Gasteiger partial charge in [-0.1, -0.05) is 30.0 Å². The Bertz CT molecular complexity index is 816. The Kier molecular flexibility index (Phi) is 4.81. The van der Waals surface area contributed by atoms with E-state index in [1.165, 1.54) is 12.1 Å². The van der Waals surface area contributed by atoms with E-state index < -0.39 is 11.6 Å². The number of carbonyl (C=O) groups excluding carboxylic acids is 1. The van der Waals surface area contributed by atoms with Crippen molar-refractivity contribution in [2.75, 3.05) is 0 Å². The van der Waals surface area contributed by atoms with Crippen LogP contribution < -0.4 is 4.74 Å². The Hall–Kier alpha value is -3.08. The summed E-state index contributed by atoms with van der Waals surface area (Å²) in [6.45, 7) is 3.09. The average molecular weight is 305 g/mol. The number of benzene rings is 2. The number of aliphatic hydroxyl groups is 1. The highest BCUT2D eigenvalue weighted by molar-refractivity contribution is 5.91. The maximum atomic E-state index is 12.1. The Morgan fingerprint density at radius 2 is 1.87 bits per heavy atom. The van der Waals surface area contributed by atoms with Crippen LogP contribution in [0.2, 0.25) is 0 Å². The molecule has 1 N–H and O–H groups in total. The second-order valence-corrected chi connectivity index (χ2v) is 5.39. The van der Waals surface area contributed by atoms with Crippen molar-refractivity contribution in [1.82, 2.24) is 0 Å². The van der Waals surface area contributed by atoms with E-state index in [1.807, 2.05) is 6.07 Å². The molecule has 0 saturated heterocycles. The summed E-state index contributed by atoms with van der Waals surface area (Å²) in [6, 6.07) is 15.2. The van der Waals surface area contributed by atoms with Crippen LogP contribution in [0.1, 0.15) is 35.3 Å². The van der Waals surface area contributed by atoms with Crippen LogP contribution in [0.15, 0.2) is 48.5 Å². The van der Waals surface area contributed by atoms with Crippen molar-refractivity contribution in [2.24, 2.45) is 0 Å². The van der Waals surface area contributed by atoms with Crippen molar-refractivity contribution < 1.29 is 14.6 Å².